The molecule has 1 heterocycles. The van der Waals surface area contributed by atoms with E-state index in [0.717, 1.165) is 12.8 Å². The molecule has 0 aromatic rings. The molecule has 0 bridgehead atoms. The lowest BCUT2D eigenvalue weighted by Gasteiger charge is -2.29. The number of esters is 1. The van der Waals surface area contributed by atoms with Crippen molar-refractivity contribution in [1.29, 1.82) is 0 Å². The van der Waals surface area contributed by atoms with Crippen molar-refractivity contribution in [2.24, 2.45) is 5.29 Å². The first-order valence-corrected chi connectivity index (χ1v) is 5.69. The monoisotopic (exact) mass is 228 g/mol. The van der Waals surface area contributed by atoms with Crippen LogP contribution in [0.15, 0.2) is 5.29 Å². The number of hydrogen-bond donors (Lipinski definition) is 0. The molecule has 0 saturated carbocycles. The van der Waals surface area contributed by atoms with Gasteiger partial charge >= 0.3 is 5.97 Å². The molecule has 16 heavy (non-hydrogen) atoms. The van der Waals surface area contributed by atoms with Gasteiger partial charge in [-0.1, -0.05) is 0 Å². The van der Waals surface area contributed by atoms with Gasteiger partial charge in [-0.25, -0.2) is 0 Å². The fourth-order valence-electron chi connectivity index (χ4n) is 2.12. The van der Waals surface area contributed by atoms with Gasteiger partial charge in [-0.3, -0.25) is 9.80 Å². The second kappa shape index (κ2) is 4.80. The van der Waals surface area contributed by atoms with E-state index in [1.165, 1.54) is 5.01 Å². The van der Waals surface area contributed by atoms with Crippen molar-refractivity contribution in [3.8, 4) is 0 Å². The van der Waals surface area contributed by atoms with Crippen LogP contribution in [0.4, 0.5) is 0 Å². The van der Waals surface area contributed by atoms with E-state index in [-0.39, 0.29) is 30.1 Å². The maximum atomic E-state index is 11.5. The van der Waals surface area contributed by atoms with Crippen LogP contribution in [0.2, 0.25) is 0 Å². The lowest BCUT2D eigenvalue weighted by atomic mass is 10.0. The molecule has 1 rings (SSSR count). The van der Waals surface area contributed by atoms with Crippen molar-refractivity contribution in [2.45, 2.75) is 64.6 Å². The lowest BCUT2D eigenvalue weighted by molar-refractivity contribution is -0.148. The first kappa shape index (κ1) is 12.9. The van der Waals surface area contributed by atoms with Crippen LogP contribution in [0.3, 0.4) is 0 Å². The summed E-state index contributed by atoms with van der Waals surface area (Å²) in [6.07, 6.45) is 1.82. The molecule has 1 atom stereocenters. The van der Waals surface area contributed by atoms with Crippen molar-refractivity contribution >= 4 is 5.97 Å². The highest BCUT2D eigenvalue weighted by molar-refractivity contribution is 5.70. The van der Waals surface area contributed by atoms with Crippen molar-refractivity contribution in [3.63, 3.8) is 0 Å². The number of hydrogen-bond acceptors (Lipinski definition) is 4. The highest BCUT2D eigenvalue weighted by Gasteiger charge is 2.41. The zero-order valence-electron chi connectivity index (χ0n) is 10.4. The van der Waals surface area contributed by atoms with Crippen LogP contribution in [0.1, 0.15) is 47.0 Å². The fraction of sp³-hybridized carbons (Fsp3) is 0.909. The summed E-state index contributed by atoms with van der Waals surface area (Å²) in [6, 6.07) is -0.112. The minimum absolute atomic E-state index is 0.112. The molecule has 1 aliphatic heterocycles. The third-order valence-corrected chi connectivity index (χ3v) is 2.91. The third kappa shape index (κ3) is 2.93. The summed E-state index contributed by atoms with van der Waals surface area (Å²) in [6.45, 7) is 7.54. The zero-order chi connectivity index (χ0) is 12.3. The quantitative estimate of drug-likeness (QED) is 0.547. The van der Waals surface area contributed by atoms with Crippen LogP contribution in [-0.2, 0) is 9.53 Å². The second-order valence-electron chi connectivity index (χ2n) is 5.17. The summed E-state index contributed by atoms with van der Waals surface area (Å²) in [5.74, 6) is -0.258. The zero-order valence-corrected chi connectivity index (χ0v) is 10.4. The molecule has 0 amide bonds. The summed E-state index contributed by atoms with van der Waals surface area (Å²) < 4.78 is 5.06. The van der Waals surface area contributed by atoms with Crippen molar-refractivity contribution in [1.82, 2.24) is 5.01 Å². The largest absolute Gasteiger partial charge is 0.463 e. The summed E-state index contributed by atoms with van der Waals surface area (Å²) in [5.41, 5.74) is -0.246. The standard InChI is InChI=1S/C11H20N2O3/c1-8(2)16-10(14)7-9-5-6-11(3,4)13(9)12-15/h8-9H,5-7H2,1-4H3. The maximum Gasteiger partial charge on any atom is 0.308 e. The molecule has 1 saturated heterocycles. The van der Waals surface area contributed by atoms with Crippen LogP contribution >= 0.6 is 0 Å². The van der Waals surface area contributed by atoms with Crippen LogP contribution < -0.4 is 0 Å². The van der Waals surface area contributed by atoms with Crippen molar-refractivity contribution in [2.75, 3.05) is 0 Å². The molecule has 1 aliphatic rings. The van der Waals surface area contributed by atoms with E-state index in [1.54, 1.807) is 0 Å². The van der Waals surface area contributed by atoms with Gasteiger partial charge in [0.25, 0.3) is 0 Å². The average Bonchev–Trinajstić information content (AvgIpc) is 2.39. The van der Waals surface area contributed by atoms with Gasteiger partial charge in [0, 0.05) is 0 Å². The van der Waals surface area contributed by atoms with Gasteiger partial charge in [0.15, 0.2) is 0 Å². The molecule has 1 fully saturated rings. The molecule has 0 aromatic carbocycles. The highest BCUT2D eigenvalue weighted by Crippen LogP contribution is 2.35. The van der Waals surface area contributed by atoms with Gasteiger partial charge in [-0.05, 0) is 40.5 Å². The molecule has 5 heteroatoms. The summed E-state index contributed by atoms with van der Waals surface area (Å²) in [7, 11) is 0. The molecule has 92 valence electrons. The van der Waals surface area contributed by atoms with Gasteiger partial charge in [-0.15, -0.1) is 4.91 Å². The molecule has 0 spiro atoms. The number of nitroso groups, excluding NO2 is 1. The Morgan fingerprint density at radius 3 is 2.69 bits per heavy atom. The lowest BCUT2D eigenvalue weighted by Crippen LogP contribution is -2.39. The number of ether oxygens (including phenoxy) is 1. The van der Waals surface area contributed by atoms with E-state index in [4.69, 9.17) is 4.74 Å². The Hall–Kier alpha value is -1.13. The summed E-state index contributed by atoms with van der Waals surface area (Å²) in [5, 5.41) is 4.52. The predicted octanol–water partition coefficient (Wildman–Crippen LogP) is 2.25. The number of nitrogens with zero attached hydrogens (tertiary/aromatic N) is 2. The number of carbonyl (C=O) groups is 1. The van der Waals surface area contributed by atoms with E-state index in [0.29, 0.717) is 0 Å². The average molecular weight is 228 g/mol. The Labute approximate surface area is 96.1 Å². The molecule has 0 aromatic heterocycles. The van der Waals surface area contributed by atoms with Crippen LogP contribution in [0, 0.1) is 4.91 Å². The van der Waals surface area contributed by atoms with Gasteiger partial charge in [0.1, 0.15) is 0 Å². The Morgan fingerprint density at radius 2 is 2.19 bits per heavy atom. The second-order valence-corrected chi connectivity index (χ2v) is 5.17. The van der Waals surface area contributed by atoms with E-state index in [1.807, 2.05) is 27.7 Å². The molecule has 0 N–H and O–H groups in total. The van der Waals surface area contributed by atoms with Crippen LogP contribution in [0.25, 0.3) is 0 Å². The predicted molar refractivity (Wildman–Crippen MR) is 60.6 cm³/mol. The first-order chi connectivity index (χ1) is 7.36. The number of carbonyl (C=O) groups excluding carboxylic acids is 1. The SMILES string of the molecule is CC(C)OC(=O)CC1CCC(C)(C)N1N=O. The fourth-order valence-corrected chi connectivity index (χ4v) is 2.12. The Morgan fingerprint density at radius 1 is 1.56 bits per heavy atom. The Bertz CT molecular complexity index is 276. The molecule has 0 aliphatic carbocycles. The third-order valence-electron chi connectivity index (χ3n) is 2.91. The van der Waals surface area contributed by atoms with Crippen LogP contribution in [-0.4, -0.2) is 28.7 Å². The smallest absolute Gasteiger partial charge is 0.308 e. The van der Waals surface area contributed by atoms with E-state index in [2.05, 4.69) is 5.29 Å². The van der Waals surface area contributed by atoms with E-state index >= 15 is 0 Å². The van der Waals surface area contributed by atoms with Crippen molar-refractivity contribution in [3.05, 3.63) is 4.91 Å². The summed E-state index contributed by atoms with van der Waals surface area (Å²) >= 11 is 0. The van der Waals surface area contributed by atoms with Gasteiger partial charge in [0.2, 0.25) is 0 Å². The minimum atomic E-state index is -0.258. The van der Waals surface area contributed by atoms with Crippen LogP contribution in [0.5, 0.6) is 0 Å². The Balaban J connectivity index is 2.55. The summed E-state index contributed by atoms with van der Waals surface area (Å²) in [4.78, 5) is 22.3. The van der Waals surface area contributed by atoms with E-state index < -0.39 is 0 Å². The van der Waals surface area contributed by atoms with Gasteiger partial charge in [0.05, 0.1) is 29.4 Å². The maximum absolute atomic E-state index is 11.5. The molecular formula is C11H20N2O3. The minimum Gasteiger partial charge on any atom is -0.463 e. The first-order valence-electron chi connectivity index (χ1n) is 5.69. The van der Waals surface area contributed by atoms with Gasteiger partial charge in [-0.2, -0.15) is 0 Å². The van der Waals surface area contributed by atoms with Crippen molar-refractivity contribution < 1.29 is 9.53 Å². The molecule has 0 radical (unpaired) electrons. The topological polar surface area (TPSA) is 59.0 Å². The van der Waals surface area contributed by atoms with Gasteiger partial charge < -0.3 is 4.74 Å². The number of rotatable bonds is 4. The normalized spacial score (nSPS) is 23.6. The van der Waals surface area contributed by atoms with E-state index in [9.17, 15) is 9.70 Å². The molecule has 5 nitrogen and oxygen atoms in total. The molecular weight excluding hydrogens is 208 g/mol. The molecule has 1 unspecified atom stereocenters. The Kier molecular flexibility index (Phi) is 3.88. The highest BCUT2D eigenvalue weighted by atomic mass is 16.5.